The van der Waals surface area contributed by atoms with Gasteiger partial charge in [0.1, 0.15) is 0 Å². The van der Waals surface area contributed by atoms with E-state index in [0.717, 1.165) is 6.42 Å². The Labute approximate surface area is 148 Å². The van der Waals surface area contributed by atoms with Gasteiger partial charge in [-0.3, -0.25) is 9.59 Å². The van der Waals surface area contributed by atoms with Gasteiger partial charge in [0.25, 0.3) is 0 Å². The van der Waals surface area contributed by atoms with E-state index in [-0.39, 0.29) is 19.6 Å². The minimum absolute atomic E-state index is 0.245. The summed E-state index contributed by atoms with van der Waals surface area (Å²) in [4.78, 5) is 23.9. The van der Waals surface area contributed by atoms with E-state index < -0.39 is 17.9 Å². The molecule has 25 heavy (non-hydrogen) atoms. The van der Waals surface area contributed by atoms with Gasteiger partial charge in [0.2, 0.25) is 0 Å². The van der Waals surface area contributed by atoms with Crippen LogP contribution in [0.3, 0.4) is 0 Å². The molecule has 0 amide bonds. The summed E-state index contributed by atoms with van der Waals surface area (Å²) >= 11 is 0. The van der Waals surface area contributed by atoms with Crippen LogP contribution >= 0.6 is 0 Å². The van der Waals surface area contributed by atoms with E-state index in [0.29, 0.717) is 0 Å². The molecule has 132 valence electrons. The number of rotatable bonds is 8. The number of carbonyl (C=O) groups is 2. The maximum absolute atomic E-state index is 11.9. The summed E-state index contributed by atoms with van der Waals surface area (Å²) in [6.07, 6.45) is 4.84. The first-order chi connectivity index (χ1) is 12.2. The van der Waals surface area contributed by atoms with Crippen molar-refractivity contribution in [2.75, 3.05) is 13.2 Å². The van der Waals surface area contributed by atoms with E-state index in [4.69, 9.17) is 9.47 Å². The molecule has 4 heteroatoms. The summed E-state index contributed by atoms with van der Waals surface area (Å²) in [6, 6.07) is 14.4. The second kappa shape index (κ2) is 9.62. The lowest BCUT2D eigenvalue weighted by Crippen LogP contribution is -2.27. The fraction of sp³-hybridized carbons (Fsp3) is 0.333. The van der Waals surface area contributed by atoms with Crippen LogP contribution in [-0.2, 0) is 25.5 Å². The molecule has 0 aromatic heterocycles. The van der Waals surface area contributed by atoms with E-state index in [2.05, 4.69) is 24.3 Å². The lowest BCUT2D eigenvalue weighted by molar-refractivity contribution is -0.161. The van der Waals surface area contributed by atoms with Gasteiger partial charge in [-0.1, -0.05) is 54.6 Å². The molecule has 0 unspecified atom stereocenters. The van der Waals surface area contributed by atoms with Crippen LogP contribution < -0.4 is 0 Å². The maximum atomic E-state index is 11.9. The van der Waals surface area contributed by atoms with Gasteiger partial charge in [-0.2, -0.15) is 0 Å². The Morgan fingerprint density at radius 1 is 0.920 bits per heavy atom. The number of allylic oxidation sites excluding steroid dienone is 2. The molecule has 0 radical (unpaired) electrons. The molecule has 0 aliphatic rings. The zero-order chi connectivity index (χ0) is 18.1. The largest absolute Gasteiger partial charge is 0.465 e. The molecule has 0 fully saturated rings. The molecule has 0 heterocycles. The van der Waals surface area contributed by atoms with Crippen molar-refractivity contribution in [3.8, 4) is 0 Å². The van der Waals surface area contributed by atoms with Crippen LogP contribution in [0, 0.1) is 5.92 Å². The minimum Gasteiger partial charge on any atom is -0.465 e. The van der Waals surface area contributed by atoms with E-state index in [1.807, 2.05) is 30.4 Å². The number of benzene rings is 2. The molecule has 4 nitrogen and oxygen atoms in total. The lowest BCUT2D eigenvalue weighted by atomic mass is 10.0. The number of fused-ring (bicyclic) bond motifs is 1. The zero-order valence-corrected chi connectivity index (χ0v) is 14.7. The molecule has 2 aromatic carbocycles. The first-order valence-electron chi connectivity index (χ1n) is 8.62. The standard InChI is InChI=1S/C21H24O4/c1-3-24-20(22)19(21(23)25-4-2)15-8-6-11-17-13-9-12-16-10-5-7-14-18(16)17/h5-10,12-14,19H,3-4,11,15H2,1-2H3/b8-6+. The molecule has 0 aliphatic carbocycles. The highest BCUT2D eigenvalue weighted by molar-refractivity contribution is 5.95. The van der Waals surface area contributed by atoms with Crippen LogP contribution in [0.15, 0.2) is 54.6 Å². The zero-order valence-electron chi connectivity index (χ0n) is 14.7. The Morgan fingerprint density at radius 3 is 2.24 bits per heavy atom. The van der Waals surface area contributed by atoms with Crippen molar-refractivity contribution >= 4 is 22.7 Å². The first-order valence-corrected chi connectivity index (χ1v) is 8.62. The smallest absolute Gasteiger partial charge is 0.320 e. The highest BCUT2D eigenvalue weighted by atomic mass is 16.6. The van der Waals surface area contributed by atoms with Crippen molar-refractivity contribution in [2.45, 2.75) is 26.7 Å². The summed E-state index contributed by atoms with van der Waals surface area (Å²) in [5, 5.41) is 2.41. The summed E-state index contributed by atoms with van der Waals surface area (Å²) in [6.45, 7) is 3.93. The monoisotopic (exact) mass is 340 g/mol. The third-order valence-electron chi connectivity index (χ3n) is 3.90. The Hall–Kier alpha value is -2.62. The van der Waals surface area contributed by atoms with Gasteiger partial charge in [-0.25, -0.2) is 0 Å². The summed E-state index contributed by atoms with van der Waals surface area (Å²) in [5.41, 5.74) is 1.21. The Kier molecular flexibility index (Phi) is 7.20. The van der Waals surface area contributed by atoms with Crippen LogP contribution in [-0.4, -0.2) is 25.2 Å². The van der Waals surface area contributed by atoms with E-state index >= 15 is 0 Å². The van der Waals surface area contributed by atoms with Crippen LogP contribution in [0.4, 0.5) is 0 Å². The first kappa shape index (κ1) is 18.7. The molecule has 0 atom stereocenters. The predicted molar refractivity (Wildman–Crippen MR) is 98.2 cm³/mol. The summed E-state index contributed by atoms with van der Waals surface area (Å²) in [7, 11) is 0. The average molecular weight is 340 g/mol. The molecular formula is C21H24O4. The van der Waals surface area contributed by atoms with Gasteiger partial charge in [-0.15, -0.1) is 0 Å². The fourth-order valence-corrected chi connectivity index (χ4v) is 2.69. The van der Waals surface area contributed by atoms with Gasteiger partial charge in [0.05, 0.1) is 13.2 Å². The highest BCUT2D eigenvalue weighted by Gasteiger charge is 2.28. The Bertz CT molecular complexity index is 725. The molecular weight excluding hydrogens is 316 g/mol. The van der Waals surface area contributed by atoms with Gasteiger partial charge in [0.15, 0.2) is 5.92 Å². The van der Waals surface area contributed by atoms with Gasteiger partial charge in [-0.05, 0) is 43.0 Å². The summed E-state index contributed by atoms with van der Waals surface area (Å²) in [5.74, 6) is -1.96. The van der Waals surface area contributed by atoms with Gasteiger partial charge < -0.3 is 9.47 Å². The molecule has 0 bridgehead atoms. The quantitative estimate of drug-likeness (QED) is 0.413. The van der Waals surface area contributed by atoms with Crippen molar-refractivity contribution in [3.05, 3.63) is 60.2 Å². The SMILES string of the molecule is CCOC(=O)C(C/C=C/Cc1cccc2ccccc12)C(=O)OCC. The van der Waals surface area contributed by atoms with Crippen LogP contribution in [0.1, 0.15) is 25.8 Å². The third-order valence-corrected chi connectivity index (χ3v) is 3.90. The Morgan fingerprint density at radius 2 is 1.56 bits per heavy atom. The van der Waals surface area contributed by atoms with E-state index in [1.165, 1.54) is 16.3 Å². The molecule has 2 rings (SSSR count). The van der Waals surface area contributed by atoms with Crippen molar-refractivity contribution in [1.29, 1.82) is 0 Å². The van der Waals surface area contributed by atoms with Crippen LogP contribution in [0.25, 0.3) is 10.8 Å². The lowest BCUT2D eigenvalue weighted by Gasteiger charge is -2.12. The number of carbonyl (C=O) groups excluding carboxylic acids is 2. The maximum Gasteiger partial charge on any atom is 0.320 e. The molecule has 0 aliphatic heterocycles. The second-order valence-electron chi connectivity index (χ2n) is 5.61. The minimum atomic E-state index is -0.899. The van der Waals surface area contributed by atoms with Crippen molar-refractivity contribution in [3.63, 3.8) is 0 Å². The number of hydrogen-bond acceptors (Lipinski definition) is 4. The third kappa shape index (κ3) is 5.18. The predicted octanol–water partition coefficient (Wildman–Crippen LogP) is 4.07. The number of ether oxygens (including phenoxy) is 2. The van der Waals surface area contributed by atoms with Gasteiger partial charge in [0, 0.05) is 0 Å². The molecule has 0 saturated heterocycles. The Balaban J connectivity index is 2.04. The van der Waals surface area contributed by atoms with Gasteiger partial charge >= 0.3 is 11.9 Å². The normalized spacial score (nSPS) is 11.2. The van der Waals surface area contributed by atoms with Crippen LogP contribution in [0.2, 0.25) is 0 Å². The van der Waals surface area contributed by atoms with Crippen molar-refractivity contribution in [2.24, 2.45) is 5.92 Å². The highest BCUT2D eigenvalue weighted by Crippen LogP contribution is 2.19. The fourth-order valence-electron chi connectivity index (χ4n) is 2.69. The van der Waals surface area contributed by atoms with E-state index in [1.54, 1.807) is 13.8 Å². The molecule has 0 spiro atoms. The van der Waals surface area contributed by atoms with Crippen molar-refractivity contribution < 1.29 is 19.1 Å². The second-order valence-corrected chi connectivity index (χ2v) is 5.61. The number of esters is 2. The molecule has 0 saturated carbocycles. The average Bonchev–Trinajstić information content (AvgIpc) is 2.62. The van der Waals surface area contributed by atoms with Crippen LogP contribution in [0.5, 0.6) is 0 Å². The summed E-state index contributed by atoms with van der Waals surface area (Å²) < 4.78 is 9.94. The van der Waals surface area contributed by atoms with Crippen molar-refractivity contribution in [1.82, 2.24) is 0 Å². The molecule has 0 N–H and O–H groups in total. The number of hydrogen-bond donors (Lipinski definition) is 0. The topological polar surface area (TPSA) is 52.6 Å². The van der Waals surface area contributed by atoms with E-state index in [9.17, 15) is 9.59 Å². The molecule has 2 aromatic rings.